The summed E-state index contributed by atoms with van der Waals surface area (Å²) < 4.78 is 15.1. The van der Waals surface area contributed by atoms with Gasteiger partial charge in [-0.1, -0.05) is 19.4 Å². The highest BCUT2D eigenvalue weighted by Crippen LogP contribution is 2.52. The third-order valence-electron chi connectivity index (χ3n) is 6.22. The van der Waals surface area contributed by atoms with Crippen LogP contribution in [0.1, 0.15) is 50.8 Å². The van der Waals surface area contributed by atoms with Crippen LogP contribution in [0.5, 0.6) is 0 Å². The molecule has 2 aliphatic rings. The van der Waals surface area contributed by atoms with Gasteiger partial charge in [-0.15, -0.1) is 0 Å². The number of nitrogens with zero attached hydrogens (tertiary/aromatic N) is 2. The van der Waals surface area contributed by atoms with E-state index in [9.17, 15) is 9.50 Å². The molecule has 4 heteroatoms. The summed E-state index contributed by atoms with van der Waals surface area (Å²) in [6.45, 7) is 4.37. The topological polar surface area (TPSA) is 38.1 Å². The number of fused-ring (bicyclic) bond motifs is 2. The van der Waals surface area contributed by atoms with Gasteiger partial charge in [0.25, 0.3) is 0 Å². The lowest BCUT2D eigenvalue weighted by Crippen LogP contribution is -2.43. The van der Waals surface area contributed by atoms with Crippen molar-refractivity contribution < 1.29 is 9.50 Å². The van der Waals surface area contributed by atoms with Gasteiger partial charge in [0, 0.05) is 0 Å². The van der Waals surface area contributed by atoms with Crippen LogP contribution in [0.15, 0.2) is 36.0 Å². The van der Waals surface area contributed by atoms with Crippen molar-refractivity contribution in [3.05, 3.63) is 53.1 Å². The van der Waals surface area contributed by atoms with Crippen LogP contribution in [0.25, 0.3) is 11.8 Å². The molecule has 4 rings (SSSR count). The molecule has 1 fully saturated rings. The number of aliphatic hydroxyl groups excluding tert-OH is 1. The number of hydrogen-bond acceptors (Lipinski definition) is 2. The van der Waals surface area contributed by atoms with Gasteiger partial charge in [-0.25, -0.2) is 9.07 Å². The summed E-state index contributed by atoms with van der Waals surface area (Å²) in [6, 6.07) is 6.47. The van der Waals surface area contributed by atoms with Crippen LogP contribution in [-0.2, 0) is 6.42 Å². The number of aliphatic hydroxyl groups is 1. The lowest BCUT2D eigenvalue weighted by atomic mass is 9.58. The molecule has 0 saturated heterocycles. The van der Waals surface area contributed by atoms with Crippen LogP contribution in [-0.4, -0.2) is 21.0 Å². The Hall–Kier alpha value is -1.94. The Morgan fingerprint density at radius 1 is 1.36 bits per heavy atom. The first-order chi connectivity index (χ1) is 12.0. The molecule has 0 radical (unpaired) electrons. The maximum atomic E-state index is 13.2. The van der Waals surface area contributed by atoms with Gasteiger partial charge in [-0.05, 0) is 79.3 Å². The summed E-state index contributed by atoms with van der Waals surface area (Å²) in [5.74, 6) is 0.0687. The third-order valence-corrected chi connectivity index (χ3v) is 6.22. The van der Waals surface area contributed by atoms with E-state index in [1.807, 2.05) is 10.9 Å². The molecule has 1 aromatic heterocycles. The smallest absolute Gasteiger partial charge is 0.123 e. The molecule has 0 spiro atoms. The van der Waals surface area contributed by atoms with Gasteiger partial charge in [0.15, 0.2) is 0 Å². The van der Waals surface area contributed by atoms with Crippen LogP contribution >= 0.6 is 0 Å². The van der Waals surface area contributed by atoms with Gasteiger partial charge in [-0.3, -0.25) is 0 Å². The zero-order valence-electron chi connectivity index (χ0n) is 14.9. The summed E-state index contributed by atoms with van der Waals surface area (Å²) in [5, 5.41) is 15.1. The van der Waals surface area contributed by atoms with Gasteiger partial charge >= 0.3 is 0 Å². The number of benzene rings is 1. The van der Waals surface area contributed by atoms with Gasteiger partial charge < -0.3 is 5.11 Å². The molecule has 3 nitrogen and oxygen atoms in total. The number of rotatable bonds is 3. The van der Waals surface area contributed by atoms with E-state index in [1.54, 1.807) is 12.1 Å². The second-order valence-corrected chi connectivity index (χ2v) is 7.68. The van der Waals surface area contributed by atoms with Crippen molar-refractivity contribution in [2.45, 2.75) is 52.1 Å². The highest BCUT2D eigenvalue weighted by atomic mass is 19.1. The molecule has 3 atom stereocenters. The minimum absolute atomic E-state index is 0.0112. The first kappa shape index (κ1) is 16.5. The Labute approximate surface area is 148 Å². The van der Waals surface area contributed by atoms with Gasteiger partial charge in [0.05, 0.1) is 23.7 Å². The minimum atomic E-state index is -0.248. The second-order valence-electron chi connectivity index (χ2n) is 7.68. The fourth-order valence-electron chi connectivity index (χ4n) is 4.77. The highest BCUT2D eigenvalue weighted by Gasteiger charge is 2.45. The molecule has 2 aromatic rings. The van der Waals surface area contributed by atoms with Crippen molar-refractivity contribution >= 4 is 6.08 Å². The van der Waals surface area contributed by atoms with E-state index in [0.29, 0.717) is 5.92 Å². The molecule has 25 heavy (non-hydrogen) atoms. The monoisotopic (exact) mass is 340 g/mol. The van der Waals surface area contributed by atoms with Gasteiger partial charge in [0.2, 0.25) is 0 Å². The molecule has 2 aliphatic carbocycles. The molecule has 0 bridgehead atoms. The zero-order valence-corrected chi connectivity index (χ0v) is 14.9. The van der Waals surface area contributed by atoms with Crippen molar-refractivity contribution in [2.24, 2.45) is 11.3 Å². The first-order valence-corrected chi connectivity index (χ1v) is 9.25. The Bertz CT molecular complexity index is 808. The standard InChI is InChI=1S/C21H25FN2O/c1-3-20(25)18-6-4-5-15-11-19-14(12-21(15,18)2)13-23-24(19)17-9-7-16(22)8-10-17/h7-11,13,18,20,25H,3-6,12H2,1-2H3/t18-,20+,21+/m1/s1. The number of hydrogen-bond donors (Lipinski definition) is 1. The molecular formula is C21H25FN2O. The van der Waals surface area contributed by atoms with Crippen molar-refractivity contribution in [2.75, 3.05) is 0 Å². The zero-order chi connectivity index (χ0) is 17.6. The van der Waals surface area contributed by atoms with Crippen LogP contribution < -0.4 is 0 Å². The Kier molecular flexibility index (Phi) is 4.03. The van der Waals surface area contributed by atoms with E-state index in [4.69, 9.17) is 0 Å². The Morgan fingerprint density at radius 3 is 2.84 bits per heavy atom. The SMILES string of the molecule is CC[C@H](O)[C@H]1CCCC2=Cc3c(cnn3-c3ccc(F)cc3)C[C@@]21C. The lowest BCUT2D eigenvalue weighted by molar-refractivity contribution is 0.0208. The van der Waals surface area contributed by atoms with Crippen molar-refractivity contribution in [3.63, 3.8) is 0 Å². The molecule has 1 heterocycles. The molecule has 1 aromatic carbocycles. The molecule has 132 valence electrons. The summed E-state index contributed by atoms with van der Waals surface area (Å²) in [7, 11) is 0. The van der Waals surface area contributed by atoms with E-state index in [0.717, 1.165) is 43.5 Å². The average molecular weight is 340 g/mol. The summed E-state index contributed by atoms with van der Waals surface area (Å²) in [4.78, 5) is 0. The van der Waals surface area contributed by atoms with Crippen LogP contribution in [0, 0.1) is 17.2 Å². The summed E-state index contributed by atoms with van der Waals surface area (Å²) in [5.41, 5.74) is 4.63. The largest absolute Gasteiger partial charge is 0.393 e. The van der Waals surface area contributed by atoms with Gasteiger partial charge in [-0.2, -0.15) is 5.10 Å². The number of halogens is 1. The lowest BCUT2D eigenvalue weighted by Gasteiger charge is -2.47. The Morgan fingerprint density at radius 2 is 2.12 bits per heavy atom. The number of aromatic nitrogens is 2. The van der Waals surface area contributed by atoms with E-state index < -0.39 is 0 Å². The predicted molar refractivity (Wildman–Crippen MR) is 96.9 cm³/mol. The van der Waals surface area contributed by atoms with E-state index >= 15 is 0 Å². The Balaban J connectivity index is 1.76. The summed E-state index contributed by atoms with van der Waals surface area (Å²) >= 11 is 0. The van der Waals surface area contributed by atoms with Crippen molar-refractivity contribution in [1.82, 2.24) is 9.78 Å². The van der Waals surface area contributed by atoms with Crippen molar-refractivity contribution in [1.29, 1.82) is 0 Å². The van der Waals surface area contributed by atoms with E-state index in [2.05, 4.69) is 25.0 Å². The van der Waals surface area contributed by atoms with Crippen LogP contribution in [0.2, 0.25) is 0 Å². The highest BCUT2D eigenvalue weighted by molar-refractivity contribution is 5.61. The van der Waals surface area contributed by atoms with Gasteiger partial charge in [0.1, 0.15) is 5.82 Å². The van der Waals surface area contributed by atoms with Crippen molar-refractivity contribution in [3.8, 4) is 5.69 Å². The minimum Gasteiger partial charge on any atom is -0.393 e. The molecule has 0 amide bonds. The second kappa shape index (κ2) is 6.10. The number of allylic oxidation sites excluding steroid dienone is 1. The normalized spacial score (nSPS) is 26.6. The maximum absolute atomic E-state index is 13.2. The van der Waals surface area contributed by atoms with Crippen LogP contribution in [0.4, 0.5) is 4.39 Å². The fourth-order valence-corrected chi connectivity index (χ4v) is 4.77. The third kappa shape index (κ3) is 2.63. The average Bonchev–Trinajstić information content (AvgIpc) is 3.01. The predicted octanol–water partition coefficient (Wildman–Crippen LogP) is 4.53. The molecule has 0 unspecified atom stereocenters. The molecule has 1 saturated carbocycles. The maximum Gasteiger partial charge on any atom is 0.123 e. The quantitative estimate of drug-likeness (QED) is 0.891. The molecule has 1 N–H and O–H groups in total. The van der Waals surface area contributed by atoms with E-state index in [-0.39, 0.29) is 17.3 Å². The first-order valence-electron chi connectivity index (χ1n) is 9.25. The summed E-state index contributed by atoms with van der Waals surface area (Å²) in [6.07, 6.45) is 8.96. The van der Waals surface area contributed by atoms with E-state index in [1.165, 1.54) is 23.3 Å². The molecular weight excluding hydrogens is 315 g/mol. The van der Waals surface area contributed by atoms with Crippen LogP contribution in [0.3, 0.4) is 0 Å². The fraction of sp³-hybridized carbons (Fsp3) is 0.476. The molecule has 0 aliphatic heterocycles.